The molecule has 2 atom stereocenters. The Morgan fingerprint density at radius 3 is 2.15 bits per heavy atom. The maximum Gasteiger partial charge on any atom is 0.0974 e. The lowest BCUT2D eigenvalue weighted by Gasteiger charge is -2.29. The molecular formula is C10H21N3. The van der Waals surface area contributed by atoms with E-state index in [1.165, 1.54) is 0 Å². The van der Waals surface area contributed by atoms with E-state index in [0.29, 0.717) is 23.9 Å². The molecule has 0 spiro atoms. The minimum absolute atomic E-state index is 0.389. The van der Waals surface area contributed by atoms with E-state index in [-0.39, 0.29) is 0 Å². The van der Waals surface area contributed by atoms with Gasteiger partial charge < -0.3 is 0 Å². The van der Waals surface area contributed by atoms with Crippen LogP contribution >= 0.6 is 0 Å². The third-order valence-electron chi connectivity index (χ3n) is 2.68. The van der Waals surface area contributed by atoms with Crippen molar-refractivity contribution in [2.24, 2.45) is 22.2 Å². The van der Waals surface area contributed by atoms with Crippen LogP contribution in [0.3, 0.4) is 0 Å². The first-order chi connectivity index (χ1) is 6.07. The molecule has 0 N–H and O–H groups in total. The van der Waals surface area contributed by atoms with Gasteiger partial charge in [0.25, 0.3) is 0 Å². The molecule has 0 fully saturated rings. The summed E-state index contributed by atoms with van der Waals surface area (Å²) in [4.78, 5) is 0. The van der Waals surface area contributed by atoms with Crippen LogP contribution in [-0.2, 0) is 0 Å². The first-order valence-corrected chi connectivity index (χ1v) is 5.25. The molecule has 13 heavy (non-hydrogen) atoms. The minimum atomic E-state index is 0.389. The zero-order chi connectivity index (χ0) is 10.0. The van der Waals surface area contributed by atoms with Crippen molar-refractivity contribution in [2.45, 2.75) is 46.7 Å². The normalized spacial score (nSPS) is 28.1. The van der Waals surface area contributed by atoms with Gasteiger partial charge in [0.2, 0.25) is 0 Å². The third-order valence-corrected chi connectivity index (χ3v) is 2.68. The fourth-order valence-corrected chi connectivity index (χ4v) is 1.97. The summed E-state index contributed by atoms with van der Waals surface area (Å²) in [5, 5.41) is 10.7. The molecule has 0 aromatic carbocycles. The summed E-state index contributed by atoms with van der Waals surface area (Å²) in [6.45, 7) is 12.0. The first-order valence-electron chi connectivity index (χ1n) is 5.25. The van der Waals surface area contributed by atoms with Crippen molar-refractivity contribution >= 4 is 0 Å². The Balaban J connectivity index is 2.72. The van der Waals surface area contributed by atoms with Gasteiger partial charge in [-0.25, -0.2) is 0 Å². The second-order valence-electron chi connectivity index (χ2n) is 4.43. The van der Waals surface area contributed by atoms with Crippen molar-refractivity contribution in [1.82, 2.24) is 5.01 Å². The van der Waals surface area contributed by atoms with Crippen LogP contribution in [0.25, 0.3) is 0 Å². The van der Waals surface area contributed by atoms with Crippen LogP contribution in [0.1, 0.15) is 34.6 Å². The van der Waals surface area contributed by atoms with Gasteiger partial charge in [-0.2, -0.15) is 5.11 Å². The fourth-order valence-electron chi connectivity index (χ4n) is 1.97. The smallest absolute Gasteiger partial charge is 0.0974 e. The van der Waals surface area contributed by atoms with Crippen LogP contribution in [0.2, 0.25) is 0 Å². The molecule has 76 valence electrons. The van der Waals surface area contributed by atoms with Gasteiger partial charge in [-0.1, -0.05) is 32.9 Å². The molecule has 0 saturated heterocycles. The van der Waals surface area contributed by atoms with Gasteiger partial charge in [0, 0.05) is 6.54 Å². The Morgan fingerprint density at radius 1 is 1.15 bits per heavy atom. The molecule has 1 aliphatic heterocycles. The topological polar surface area (TPSA) is 28.0 Å². The van der Waals surface area contributed by atoms with Gasteiger partial charge in [0.05, 0.1) is 12.1 Å². The van der Waals surface area contributed by atoms with Gasteiger partial charge in [-0.3, -0.25) is 5.01 Å². The molecule has 0 saturated carbocycles. The van der Waals surface area contributed by atoms with Crippen molar-refractivity contribution in [2.75, 3.05) is 6.54 Å². The lowest BCUT2D eigenvalue weighted by molar-refractivity contribution is 0.168. The summed E-state index contributed by atoms with van der Waals surface area (Å²) in [5.41, 5.74) is 0. The van der Waals surface area contributed by atoms with Crippen LogP contribution in [0.4, 0.5) is 0 Å². The number of hydrogen-bond donors (Lipinski definition) is 0. The highest BCUT2D eigenvalue weighted by molar-refractivity contribution is 4.89. The number of likely N-dealkylation sites (N-methyl/N-ethyl adjacent to an activating group) is 1. The Kier molecular flexibility index (Phi) is 3.28. The molecule has 1 aliphatic rings. The lowest BCUT2D eigenvalue weighted by atomic mass is 9.89. The fraction of sp³-hybridized carbons (Fsp3) is 1.00. The number of hydrogen-bond acceptors (Lipinski definition) is 3. The van der Waals surface area contributed by atoms with Crippen molar-refractivity contribution < 1.29 is 0 Å². The Bertz CT molecular complexity index is 187. The second-order valence-corrected chi connectivity index (χ2v) is 4.43. The highest BCUT2D eigenvalue weighted by atomic mass is 15.6. The van der Waals surface area contributed by atoms with Crippen molar-refractivity contribution in [1.29, 1.82) is 0 Å². The monoisotopic (exact) mass is 183 g/mol. The standard InChI is InChI=1S/C10H21N3/c1-6-13-10(8(4)5)9(7(2)3)11-12-13/h7-10H,6H2,1-5H3. The van der Waals surface area contributed by atoms with E-state index in [1.807, 2.05) is 0 Å². The molecule has 0 radical (unpaired) electrons. The molecular weight excluding hydrogens is 162 g/mol. The molecule has 1 heterocycles. The highest BCUT2D eigenvalue weighted by Gasteiger charge is 2.35. The average molecular weight is 183 g/mol. The van der Waals surface area contributed by atoms with E-state index in [2.05, 4.69) is 50.0 Å². The van der Waals surface area contributed by atoms with Crippen molar-refractivity contribution in [3.8, 4) is 0 Å². The Hall–Kier alpha value is -0.600. The molecule has 0 aliphatic carbocycles. The second kappa shape index (κ2) is 4.07. The molecule has 3 heteroatoms. The van der Waals surface area contributed by atoms with Gasteiger partial charge in [-0.15, -0.1) is 0 Å². The zero-order valence-corrected chi connectivity index (χ0v) is 9.36. The third kappa shape index (κ3) is 2.01. The van der Waals surface area contributed by atoms with E-state index in [1.54, 1.807) is 0 Å². The molecule has 0 bridgehead atoms. The van der Waals surface area contributed by atoms with Gasteiger partial charge in [0.15, 0.2) is 0 Å². The average Bonchev–Trinajstić information content (AvgIpc) is 2.46. The van der Waals surface area contributed by atoms with Crippen LogP contribution in [0.15, 0.2) is 10.3 Å². The summed E-state index contributed by atoms with van der Waals surface area (Å²) in [7, 11) is 0. The zero-order valence-electron chi connectivity index (χ0n) is 9.36. The van der Waals surface area contributed by atoms with Crippen LogP contribution in [0, 0.1) is 11.8 Å². The Morgan fingerprint density at radius 2 is 1.77 bits per heavy atom. The van der Waals surface area contributed by atoms with Gasteiger partial charge >= 0.3 is 0 Å². The van der Waals surface area contributed by atoms with E-state index >= 15 is 0 Å². The summed E-state index contributed by atoms with van der Waals surface area (Å²) >= 11 is 0. The van der Waals surface area contributed by atoms with Gasteiger partial charge in [-0.05, 0) is 18.8 Å². The van der Waals surface area contributed by atoms with E-state index < -0.39 is 0 Å². The summed E-state index contributed by atoms with van der Waals surface area (Å²) in [6.07, 6.45) is 0. The summed E-state index contributed by atoms with van der Waals surface area (Å²) < 4.78 is 0. The van der Waals surface area contributed by atoms with Crippen molar-refractivity contribution in [3.05, 3.63) is 0 Å². The van der Waals surface area contributed by atoms with E-state index in [0.717, 1.165) is 6.54 Å². The SMILES string of the molecule is CCN1N=NC(C(C)C)C1C(C)C. The molecule has 3 nitrogen and oxygen atoms in total. The Labute approximate surface area is 81.2 Å². The molecule has 1 rings (SSSR count). The van der Waals surface area contributed by atoms with E-state index in [9.17, 15) is 0 Å². The predicted molar refractivity (Wildman–Crippen MR) is 54.5 cm³/mol. The van der Waals surface area contributed by atoms with Crippen molar-refractivity contribution in [3.63, 3.8) is 0 Å². The molecule has 0 aromatic heterocycles. The number of nitrogens with zero attached hydrogens (tertiary/aromatic N) is 3. The molecule has 0 amide bonds. The first kappa shape index (κ1) is 10.5. The lowest BCUT2D eigenvalue weighted by Crippen LogP contribution is -2.41. The van der Waals surface area contributed by atoms with Crippen LogP contribution in [-0.4, -0.2) is 23.6 Å². The highest BCUT2D eigenvalue weighted by Crippen LogP contribution is 2.28. The number of rotatable bonds is 3. The van der Waals surface area contributed by atoms with Crippen LogP contribution in [0.5, 0.6) is 0 Å². The van der Waals surface area contributed by atoms with E-state index in [4.69, 9.17) is 0 Å². The predicted octanol–water partition coefficient (Wildman–Crippen LogP) is 2.74. The van der Waals surface area contributed by atoms with Gasteiger partial charge in [0.1, 0.15) is 0 Å². The minimum Gasteiger partial charge on any atom is -0.274 e. The summed E-state index contributed by atoms with van der Waals surface area (Å²) in [5.74, 6) is 1.22. The molecule has 2 unspecified atom stereocenters. The quantitative estimate of drug-likeness (QED) is 0.661. The summed E-state index contributed by atoms with van der Waals surface area (Å²) in [6, 6.07) is 0.893. The maximum atomic E-state index is 4.34. The largest absolute Gasteiger partial charge is 0.274 e. The van der Waals surface area contributed by atoms with Crippen LogP contribution < -0.4 is 0 Å². The maximum absolute atomic E-state index is 4.34. The molecule has 0 aromatic rings.